The van der Waals surface area contributed by atoms with Gasteiger partial charge in [-0.15, -0.1) is 0 Å². The highest BCUT2D eigenvalue weighted by molar-refractivity contribution is 6.06. The lowest BCUT2D eigenvalue weighted by molar-refractivity contribution is 0.160. The summed E-state index contributed by atoms with van der Waals surface area (Å²) in [5.74, 6) is 1.15. The summed E-state index contributed by atoms with van der Waals surface area (Å²) in [7, 11) is 0. The van der Waals surface area contributed by atoms with Crippen molar-refractivity contribution in [2.45, 2.75) is 64.6 Å². The van der Waals surface area contributed by atoms with Gasteiger partial charge in [0.2, 0.25) is 5.95 Å². The molecule has 0 bridgehead atoms. The van der Waals surface area contributed by atoms with Crippen LogP contribution >= 0.6 is 0 Å². The van der Waals surface area contributed by atoms with Gasteiger partial charge >= 0.3 is 0 Å². The lowest BCUT2D eigenvalue weighted by Gasteiger charge is -2.24. The van der Waals surface area contributed by atoms with Crippen LogP contribution in [0.3, 0.4) is 0 Å². The Morgan fingerprint density at radius 3 is 2.73 bits per heavy atom. The molecule has 0 aromatic carbocycles. The maximum Gasteiger partial charge on any atom is 0.230 e. The van der Waals surface area contributed by atoms with E-state index in [1.54, 1.807) is 0 Å². The van der Waals surface area contributed by atoms with E-state index in [1.807, 2.05) is 50.6 Å². The molecular weight excluding hydrogens is 414 g/mol. The molecule has 6 rings (SSSR count). The Hall–Kier alpha value is -3.10. The van der Waals surface area contributed by atoms with Crippen molar-refractivity contribution in [3.63, 3.8) is 0 Å². The second-order valence-electron chi connectivity index (χ2n) is 8.50. The van der Waals surface area contributed by atoms with E-state index in [9.17, 15) is 5.11 Å². The van der Waals surface area contributed by atoms with Gasteiger partial charge in [0.25, 0.3) is 0 Å². The summed E-state index contributed by atoms with van der Waals surface area (Å²) in [5, 5.41) is 18.9. The Kier molecular flexibility index (Phi) is 6.20. The van der Waals surface area contributed by atoms with Crippen LogP contribution in [0.15, 0.2) is 36.8 Å². The molecule has 1 saturated carbocycles. The highest BCUT2D eigenvalue weighted by Crippen LogP contribution is 2.36. The minimum absolute atomic E-state index is 0.435. The van der Waals surface area contributed by atoms with Crippen molar-refractivity contribution < 1.29 is 5.11 Å². The van der Waals surface area contributed by atoms with Crippen LogP contribution in [0.2, 0.25) is 0 Å². The maximum absolute atomic E-state index is 10.3. The van der Waals surface area contributed by atoms with E-state index in [0.29, 0.717) is 30.0 Å². The fraction of sp³-hybridized carbons (Fsp3) is 0.440. The molecule has 4 aromatic heterocycles. The Balaban J connectivity index is 0.00000111. The van der Waals surface area contributed by atoms with Crippen molar-refractivity contribution in [2.75, 3.05) is 11.9 Å². The van der Waals surface area contributed by atoms with E-state index < -0.39 is 6.10 Å². The van der Waals surface area contributed by atoms with Crippen molar-refractivity contribution in [3.8, 4) is 0 Å². The number of nitrogens with zero attached hydrogens (tertiary/aromatic N) is 5. The number of aliphatic hydroxyl groups excluding tert-OH is 1. The minimum atomic E-state index is -0.602. The Morgan fingerprint density at radius 2 is 1.88 bits per heavy atom. The fourth-order valence-corrected chi connectivity index (χ4v) is 5.00. The fourth-order valence-electron chi connectivity index (χ4n) is 5.00. The molecule has 0 saturated heterocycles. The first kappa shape index (κ1) is 21.7. The van der Waals surface area contributed by atoms with Gasteiger partial charge in [0, 0.05) is 42.3 Å². The second kappa shape index (κ2) is 9.41. The average Bonchev–Trinajstić information content (AvgIpc) is 3.20. The van der Waals surface area contributed by atoms with E-state index in [2.05, 4.69) is 30.2 Å². The third kappa shape index (κ3) is 4.05. The summed E-state index contributed by atoms with van der Waals surface area (Å²) in [6, 6.07) is 6.38. The van der Waals surface area contributed by atoms with Crippen LogP contribution in [0, 0.1) is 0 Å². The number of aliphatic hydroxyl groups is 1. The molecular formula is C25H31N7O. The third-order valence-corrected chi connectivity index (χ3v) is 6.51. The molecule has 3 N–H and O–H groups in total. The summed E-state index contributed by atoms with van der Waals surface area (Å²) >= 11 is 0. The molecule has 1 aliphatic heterocycles. The van der Waals surface area contributed by atoms with Gasteiger partial charge in [-0.05, 0) is 30.5 Å². The van der Waals surface area contributed by atoms with Gasteiger partial charge in [-0.25, -0.2) is 9.97 Å². The average molecular weight is 446 g/mol. The first-order chi connectivity index (χ1) is 16.3. The van der Waals surface area contributed by atoms with Crippen LogP contribution in [0.5, 0.6) is 0 Å². The monoisotopic (exact) mass is 445 g/mol. The molecule has 172 valence electrons. The quantitative estimate of drug-likeness (QED) is 0.417. The molecule has 1 unspecified atom stereocenters. The molecule has 5 heterocycles. The van der Waals surface area contributed by atoms with Crippen LogP contribution in [-0.4, -0.2) is 36.2 Å². The van der Waals surface area contributed by atoms with Gasteiger partial charge in [0.1, 0.15) is 17.6 Å². The largest absolute Gasteiger partial charge is 0.385 e. The smallest absolute Gasteiger partial charge is 0.230 e. The molecule has 2 aliphatic rings. The molecule has 8 nitrogen and oxygen atoms in total. The van der Waals surface area contributed by atoms with Gasteiger partial charge in [-0.3, -0.25) is 4.98 Å². The number of anilines is 2. The summed E-state index contributed by atoms with van der Waals surface area (Å²) < 4.78 is 2.36. The molecule has 0 radical (unpaired) electrons. The number of nitrogens with one attached hydrogen (secondary N) is 2. The van der Waals surface area contributed by atoms with Crippen molar-refractivity contribution in [3.05, 3.63) is 48.0 Å². The van der Waals surface area contributed by atoms with Crippen molar-refractivity contribution in [1.82, 2.24) is 29.8 Å². The highest BCUT2D eigenvalue weighted by atomic mass is 16.3. The summed E-state index contributed by atoms with van der Waals surface area (Å²) in [6.07, 6.45) is 11.2. The molecule has 0 spiro atoms. The molecule has 1 atom stereocenters. The van der Waals surface area contributed by atoms with Gasteiger partial charge < -0.3 is 20.3 Å². The van der Waals surface area contributed by atoms with Crippen LogP contribution in [0.25, 0.3) is 21.9 Å². The van der Waals surface area contributed by atoms with E-state index >= 15 is 0 Å². The highest BCUT2D eigenvalue weighted by Gasteiger charge is 2.23. The van der Waals surface area contributed by atoms with Gasteiger partial charge in [0.15, 0.2) is 0 Å². The first-order valence-corrected chi connectivity index (χ1v) is 12.0. The molecule has 0 amide bonds. The Bertz CT molecular complexity index is 1260. The van der Waals surface area contributed by atoms with E-state index in [-0.39, 0.29) is 0 Å². The minimum Gasteiger partial charge on any atom is -0.385 e. The first-order valence-electron chi connectivity index (χ1n) is 12.0. The lowest BCUT2D eigenvalue weighted by Crippen LogP contribution is -2.29. The van der Waals surface area contributed by atoms with Gasteiger partial charge in [-0.1, -0.05) is 39.2 Å². The maximum atomic E-state index is 10.3. The number of β-amino-alcohol motifs (C(OH)–C–C–N with tert-alkyl or cyclic N) is 1. The zero-order valence-corrected chi connectivity index (χ0v) is 19.3. The summed E-state index contributed by atoms with van der Waals surface area (Å²) in [4.78, 5) is 18.5. The number of fused-ring (bicyclic) bond motifs is 4. The van der Waals surface area contributed by atoms with Crippen molar-refractivity contribution >= 4 is 33.7 Å². The van der Waals surface area contributed by atoms with E-state index in [1.165, 1.54) is 32.1 Å². The van der Waals surface area contributed by atoms with Crippen LogP contribution in [0.1, 0.15) is 69.4 Å². The number of hydrogen-bond acceptors (Lipinski definition) is 7. The topological polar surface area (TPSA) is 101 Å². The zero-order valence-electron chi connectivity index (χ0n) is 19.3. The summed E-state index contributed by atoms with van der Waals surface area (Å²) in [5.41, 5.74) is 3.80. The lowest BCUT2D eigenvalue weighted by atomic mass is 9.95. The summed E-state index contributed by atoms with van der Waals surface area (Å²) in [6.45, 7) is 5.24. The molecule has 4 aromatic rings. The standard InChI is InChI=1S/C23H25N7O.C2H6/c31-19-13-25-10-14-6-7-20(27-21(14)19)28-23-26-11-17-16-8-9-24-12-18(16)30(22(17)29-23)15-4-2-1-3-5-15;1-2/h6-9,11-12,15,19,25,31H,1-5,10,13H2,(H,26,27,28,29);1-2H3. The number of aromatic nitrogens is 5. The number of pyridine rings is 2. The van der Waals surface area contributed by atoms with Crippen LogP contribution in [-0.2, 0) is 6.54 Å². The van der Waals surface area contributed by atoms with Gasteiger partial charge in [-0.2, -0.15) is 4.98 Å². The Labute approximate surface area is 193 Å². The molecule has 8 heteroatoms. The normalized spacial score (nSPS) is 18.6. The predicted octanol–water partition coefficient (Wildman–Crippen LogP) is 4.79. The number of hydrogen-bond donors (Lipinski definition) is 3. The van der Waals surface area contributed by atoms with Crippen molar-refractivity contribution in [2.24, 2.45) is 0 Å². The van der Waals surface area contributed by atoms with Gasteiger partial charge in [0.05, 0.1) is 17.4 Å². The Morgan fingerprint density at radius 1 is 1.03 bits per heavy atom. The SMILES string of the molecule is CC.OC1CNCc2ccc(Nc3ncc4c5ccncc5n(C5CCCCC5)c4n3)nc21. The van der Waals surface area contributed by atoms with E-state index in [0.717, 1.165) is 34.0 Å². The van der Waals surface area contributed by atoms with Crippen molar-refractivity contribution in [1.29, 1.82) is 0 Å². The predicted molar refractivity (Wildman–Crippen MR) is 130 cm³/mol. The second-order valence-corrected chi connectivity index (χ2v) is 8.50. The van der Waals surface area contributed by atoms with Crippen LogP contribution < -0.4 is 10.6 Å². The molecule has 1 fully saturated rings. The zero-order chi connectivity index (χ0) is 22.8. The van der Waals surface area contributed by atoms with E-state index in [4.69, 9.17) is 4.98 Å². The third-order valence-electron chi connectivity index (χ3n) is 6.51. The number of rotatable bonds is 3. The molecule has 1 aliphatic carbocycles. The molecule has 33 heavy (non-hydrogen) atoms. The van der Waals surface area contributed by atoms with Crippen LogP contribution in [0.4, 0.5) is 11.8 Å².